The van der Waals surface area contributed by atoms with E-state index in [0.29, 0.717) is 48.3 Å². The fourth-order valence-corrected chi connectivity index (χ4v) is 7.48. The standard InChI is InChI=1S/C43H39N3O5S/c1-3-50-36-24-22-35(23-25-36)46-42(38-16-10-11-17-41(38)51-30-33-14-8-5-9-15-33)45(29-32-12-6-4-7-13-32)40-27-26-37(28-39(40)43(46)47)52(48,49)44-34-20-18-31(2)19-21-34/h4-28,42,44H,3,29-30H2,1-2H3. The topological polar surface area (TPSA) is 88.2 Å². The van der Waals surface area contributed by atoms with E-state index in [-0.39, 0.29) is 16.4 Å². The molecule has 0 saturated heterocycles. The van der Waals surface area contributed by atoms with Gasteiger partial charge in [0.25, 0.3) is 15.9 Å². The summed E-state index contributed by atoms with van der Waals surface area (Å²) in [6.45, 7) is 5.11. The third-order valence-corrected chi connectivity index (χ3v) is 10.3. The van der Waals surface area contributed by atoms with Crippen molar-refractivity contribution in [3.05, 3.63) is 179 Å². The average molecular weight is 710 g/mol. The Morgan fingerprint density at radius 3 is 2.06 bits per heavy atom. The molecule has 7 rings (SSSR count). The number of benzene rings is 6. The molecule has 1 amide bonds. The van der Waals surface area contributed by atoms with Crippen molar-refractivity contribution in [2.24, 2.45) is 0 Å². The van der Waals surface area contributed by atoms with Crippen LogP contribution >= 0.6 is 0 Å². The molecule has 1 unspecified atom stereocenters. The molecular formula is C43H39N3O5S. The number of nitrogens with one attached hydrogen (secondary N) is 1. The second-order valence-corrected chi connectivity index (χ2v) is 14.2. The van der Waals surface area contributed by atoms with E-state index in [4.69, 9.17) is 9.47 Å². The number of anilines is 3. The first-order chi connectivity index (χ1) is 25.3. The van der Waals surface area contributed by atoms with Gasteiger partial charge in [0, 0.05) is 23.5 Å². The number of sulfonamides is 1. The fraction of sp³-hybridized carbons (Fsp3) is 0.140. The third-order valence-electron chi connectivity index (χ3n) is 8.94. The maximum Gasteiger partial charge on any atom is 0.262 e. The monoisotopic (exact) mass is 709 g/mol. The molecule has 0 saturated carbocycles. The summed E-state index contributed by atoms with van der Waals surface area (Å²) in [4.78, 5) is 18.8. The summed E-state index contributed by atoms with van der Waals surface area (Å²) in [7, 11) is -4.04. The van der Waals surface area contributed by atoms with Crippen molar-refractivity contribution in [3.63, 3.8) is 0 Å². The van der Waals surface area contributed by atoms with Gasteiger partial charge in [-0.2, -0.15) is 0 Å². The summed E-state index contributed by atoms with van der Waals surface area (Å²) in [5, 5.41) is 0. The normalized spacial score (nSPS) is 14.1. The number of para-hydroxylation sites is 1. The van der Waals surface area contributed by atoms with E-state index >= 15 is 0 Å². The number of hydrogen-bond acceptors (Lipinski definition) is 6. The highest BCUT2D eigenvalue weighted by atomic mass is 32.2. The molecule has 0 aliphatic carbocycles. The van der Waals surface area contributed by atoms with Crippen LogP contribution in [-0.4, -0.2) is 20.9 Å². The largest absolute Gasteiger partial charge is 0.494 e. The van der Waals surface area contributed by atoms with Crippen molar-refractivity contribution in [2.75, 3.05) is 21.1 Å². The van der Waals surface area contributed by atoms with E-state index in [9.17, 15) is 13.2 Å². The quantitative estimate of drug-likeness (QED) is 0.136. The molecule has 1 aliphatic rings. The maximum absolute atomic E-state index is 15.0. The van der Waals surface area contributed by atoms with Gasteiger partial charge in [0.05, 0.1) is 22.8 Å². The van der Waals surface area contributed by atoms with Crippen LogP contribution in [-0.2, 0) is 23.2 Å². The van der Waals surface area contributed by atoms with Crippen LogP contribution in [0.25, 0.3) is 0 Å². The average Bonchev–Trinajstić information content (AvgIpc) is 3.17. The Morgan fingerprint density at radius 2 is 1.37 bits per heavy atom. The Morgan fingerprint density at radius 1 is 0.712 bits per heavy atom. The molecule has 0 aromatic heterocycles. The van der Waals surface area contributed by atoms with Gasteiger partial charge in [-0.1, -0.05) is 96.6 Å². The second-order valence-electron chi connectivity index (χ2n) is 12.6. The molecule has 1 atom stereocenters. The van der Waals surface area contributed by atoms with Gasteiger partial charge in [0.2, 0.25) is 0 Å². The zero-order valence-corrected chi connectivity index (χ0v) is 29.8. The predicted molar refractivity (Wildman–Crippen MR) is 205 cm³/mol. The first-order valence-electron chi connectivity index (χ1n) is 17.2. The molecule has 1 heterocycles. The highest BCUT2D eigenvalue weighted by molar-refractivity contribution is 7.92. The Balaban J connectivity index is 1.38. The summed E-state index contributed by atoms with van der Waals surface area (Å²) in [6.07, 6.45) is -0.668. The van der Waals surface area contributed by atoms with E-state index in [1.54, 1.807) is 29.2 Å². The van der Waals surface area contributed by atoms with Gasteiger partial charge in [-0.3, -0.25) is 14.4 Å². The van der Waals surface area contributed by atoms with Crippen molar-refractivity contribution in [1.82, 2.24) is 0 Å². The van der Waals surface area contributed by atoms with Crippen molar-refractivity contribution in [1.29, 1.82) is 0 Å². The van der Waals surface area contributed by atoms with Crippen molar-refractivity contribution >= 4 is 33.0 Å². The molecule has 0 fully saturated rings. The number of ether oxygens (including phenoxy) is 2. The van der Waals surface area contributed by atoms with Crippen LogP contribution < -0.4 is 24.0 Å². The Kier molecular flexibility index (Phi) is 9.95. The van der Waals surface area contributed by atoms with E-state index in [1.807, 2.05) is 135 Å². The van der Waals surface area contributed by atoms with E-state index in [0.717, 1.165) is 22.3 Å². The molecule has 6 aromatic rings. The van der Waals surface area contributed by atoms with Crippen LogP contribution in [0.5, 0.6) is 11.5 Å². The van der Waals surface area contributed by atoms with E-state index in [2.05, 4.69) is 9.62 Å². The van der Waals surface area contributed by atoms with Gasteiger partial charge in [0.1, 0.15) is 24.3 Å². The van der Waals surface area contributed by atoms with Gasteiger partial charge in [0.15, 0.2) is 0 Å². The lowest BCUT2D eigenvalue weighted by Crippen LogP contribution is -2.49. The van der Waals surface area contributed by atoms with Gasteiger partial charge >= 0.3 is 0 Å². The minimum absolute atomic E-state index is 0.0171. The smallest absolute Gasteiger partial charge is 0.262 e. The van der Waals surface area contributed by atoms with Crippen LogP contribution in [0.3, 0.4) is 0 Å². The molecule has 52 heavy (non-hydrogen) atoms. The zero-order chi connectivity index (χ0) is 36.1. The highest BCUT2D eigenvalue weighted by Gasteiger charge is 2.41. The summed E-state index contributed by atoms with van der Waals surface area (Å²) < 4.78 is 42.4. The zero-order valence-electron chi connectivity index (χ0n) is 29.0. The first kappa shape index (κ1) is 34.4. The van der Waals surface area contributed by atoms with Gasteiger partial charge < -0.3 is 14.4 Å². The summed E-state index contributed by atoms with van der Waals surface area (Å²) in [5.41, 5.74) is 5.73. The lowest BCUT2D eigenvalue weighted by molar-refractivity contribution is 0.0967. The molecular weight excluding hydrogens is 671 g/mol. The van der Waals surface area contributed by atoms with Gasteiger partial charge in [-0.15, -0.1) is 0 Å². The third kappa shape index (κ3) is 7.36. The summed E-state index contributed by atoms with van der Waals surface area (Å²) >= 11 is 0. The highest BCUT2D eigenvalue weighted by Crippen LogP contribution is 2.45. The van der Waals surface area contributed by atoms with Gasteiger partial charge in [-0.05, 0) is 85.6 Å². The number of aryl methyl sites for hydroxylation is 1. The SMILES string of the molecule is CCOc1ccc(N2C(=O)c3cc(S(=O)(=O)Nc4ccc(C)cc4)ccc3N(Cc3ccccc3)C2c2ccccc2OCc2ccccc2)cc1. The number of carbonyl (C=O) groups is 1. The van der Waals surface area contributed by atoms with E-state index in [1.165, 1.54) is 6.07 Å². The molecule has 1 N–H and O–H groups in total. The second kappa shape index (κ2) is 15.0. The summed E-state index contributed by atoms with van der Waals surface area (Å²) in [6, 6.07) is 47.0. The molecule has 0 radical (unpaired) electrons. The fourth-order valence-electron chi connectivity index (χ4n) is 6.40. The lowest BCUT2D eigenvalue weighted by atomic mass is 9.98. The van der Waals surface area contributed by atoms with Crippen LogP contribution in [0.4, 0.5) is 17.1 Å². The number of fused-ring (bicyclic) bond motifs is 1. The van der Waals surface area contributed by atoms with Crippen LogP contribution in [0, 0.1) is 6.92 Å². The van der Waals surface area contributed by atoms with Crippen molar-refractivity contribution in [2.45, 2.75) is 38.1 Å². The minimum atomic E-state index is -4.04. The molecule has 9 heteroatoms. The van der Waals surface area contributed by atoms with Crippen LogP contribution in [0.1, 0.15) is 45.7 Å². The molecule has 1 aliphatic heterocycles. The Labute approximate surface area is 304 Å². The van der Waals surface area contributed by atoms with Crippen molar-refractivity contribution in [3.8, 4) is 11.5 Å². The molecule has 262 valence electrons. The number of rotatable bonds is 12. The molecule has 8 nitrogen and oxygen atoms in total. The van der Waals surface area contributed by atoms with Crippen molar-refractivity contribution < 1.29 is 22.7 Å². The van der Waals surface area contributed by atoms with E-state index < -0.39 is 16.2 Å². The lowest BCUT2D eigenvalue weighted by Gasteiger charge is -2.46. The summed E-state index contributed by atoms with van der Waals surface area (Å²) in [5.74, 6) is 0.956. The first-order valence-corrected chi connectivity index (χ1v) is 18.7. The Bertz CT molecular complexity index is 2260. The number of nitrogens with zero attached hydrogens (tertiary/aromatic N) is 2. The maximum atomic E-state index is 15.0. The number of hydrogen-bond donors (Lipinski definition) is 1. The van der Waals surface area contributed by atoms with Crippen LogP contribution in [0.2, 0.25) is 0 Å². The molecule has 0 spiro atoms. The minimum Gasteiger partial charge on any atom is -0.494 e. The van der Waals surface area contributed by atoms with Crippen LogP contribution in [0.15, 0.2) is 157 Å². The molecule has 6 aromatic carbocycles. The Hall–Kier alpha value is -6.06. The number of amides is 1. The predicted octanol–water partition coefficient (Wildman–Crippen LogP) is 9.14. The van der Waals surface area contributed by atoms with Gasteiger partial charge in [-0.25, -0.2) is 8.42 Å². The molecule has 0 bridgehead atoms. The number of carbonyl (C=O) groups excluding carboxylic acids is 1.